The third kappa shape index (κ3) is 3.51. The van der Waals surface area contributed by atoms with Crippen LogP contribution in [0.5, 0.6) is 0 Å². The molecule has 2 saturated heterocycles. The molecule has 0 spiro atoms. The van der Waals surface area contributed by atoms with Gasteiger partial charge in [-0.15, -0.1) is 11.3 Å². The van der Waals surface area contributed by atoms with Gasteiger partial charge in [0.2, 0.25) is 11.8 Å². The summed E-state index contributed by atoms with van der Waals surface area (Å²) < 4.78 is 5.42. The average molecular weight is 374 g/mol. The number of rotatable bonds is 4. The first-order valence-corrected chi connectivity index (χ1v) is 9.89. The Kier molecular flexibility index (Phi) is 4.76. The summed E-state index contributed by atoms with van der Waals surface area (Å²) in [6, 6.07) is 3.76. The van der Waals surface area contributed by atoms with Gasteiger partial charge in [-0.05, 0) is 24.3 Å². The molecule has 2 aliphatic rings. The predicted molar refractivity (Wildman–Crippen MR) is 95.9 cm³/mol. The van der Waals surface area contributed by atoms with Crippen LogP contribution in [0.25, 0.3) is 0 Å². The smallest absolute Gasteiger partial charge is 0.263 e. The Morgan fingerprint density at radius 3 is 2.69 bits per heavy atom. The first-order valence-electron chi connectivity index (χ1n) is 9.01. The molecule has 4 heterocycles. The predicted octanol–water partition coefficient (Wildman–Crippen LogP) is 2.17. The zero-order chi connectivity index (χ0) is 18.1. The van der Waals surface area contributed by atoms with Gasteiger partial charge in [-0.1, -0.05) is 11.2 Å². The number of carbonyl (C=O) groups is 2. The van der Waals surface area contributed by atoms with Gasteiger partial charge < -0.3 is 14.3 Å². The van der Waals surface area contributed by atoms with Crippen molar-refractivity contribution in [3.8, 4) is 0 Å². The number of hydrogen-bond acceptors (Lipinski definition) is 6. The first kappa shape index (κ1) is 17.2. The SMILES string of the molecule is CC(=O)N1CCC(c2noc(CC3CN(C(=O)c4cccs4)C3)n2)CC1. The molecule has 0 radical (unpaired) electrons. The summed E-state index contributed by atoms with van der Waals surface area (Å²) in [5.74, 6) is 2.30. The zero-order valence-corrected chi connectivity index (χ0v) is 15.6. The van der Waals surface area contributed by atoms with Crippen molar-refractivity contribution in [2.75, 3.05) is 26.2 Å². The summed E-state index contributed by atoms with van der Waals surface area (Å²) in [5, 5.41) is 6.07. The molecule has 26 heavy (non-hydrogen) atoms. The van der Waals surface area contributed by atoms with E-state index in [1.165, 1.54) is 11.3 Å². The lowest BCUT2D eigenvalue weighted by Crippen LogP contribution is -2.50. The highest BCUT2D eigenvalue weighted by molar-refractivity contribution is 7.12. The normalized spacial score (nSPS) is 18.8. The van der Waals surface area contributed by atoms with E-state index in [0.29, 0.717) is 18.2 Å². The van der Waals surface area contributed by atoms with Crippen molar-refractivity contribution < 1.29 is 14.1 Å². The van der Waals surface area contributed by atoms with Crippen LogP contribution in [0.15, 0.2) is 22.0 Å². The van der Waals surface area contributed by atoms with Gasteiger partial charge in [-0.25, -0.2) is 0 Å². The van der Waals surface area contributed by atoms with Gasteiger partial charge in [0.1, 0.15) is 0 Å². The van der Waals surface area contributed by atoms with Gasteiger partial charge in [-0.2, -0.15) is 4.98 Å². The fraction of sp³-hybridized carbons (Fsp3) is 0.556. The lowest BCUT2D eigenvalue weighted by molar-refractivity contribution is -0.129. The van der Waals surface area contributed by atoms with Gasteiger partial charge >= 0.3 is 0 Å². The van der Waals surface area contributed by atoms with Gasteiger partial charge in [-0.3, -0.25) is 9.59 Å². The van der Waals surface area contributed by atoms with Crippen LogP contribution in [0.2, 0.25) is 0 Å². The number of likely N-dealkylation sites (tertiary alicyclic amines) is 2. The maximum atomic E-state index is 12.2. The maximum absolute atomic E-state index is 12.2. The molecule has 7 nitrogen and oxygen atoms in total. The van der Waals surface area contributed by atoms with Crippen LogP contribution in [0, 0.1) is 5.92 Å². The molecule has 2 aliphatic heterocycles. The minimum Gasteiger partial charge on any atom is -0.343 e. The van der Waals surface area contributed by atoms with Crippen LogP contribution in [-0.2, 0) is 11.2 Å². The Labute approximate surface area is 156 Å². The summed E-state index contributed by atoms with van der Waals surface area (Å²) in [6.07, 6.45) is 2.48. The molecule has 2 amide bonds. The Hall–Kier alpha value is -2.22. The van der Waals surface area contributed by atoms with Crippen molar-refractivity contribution in [2.45, 2.75) is 32.1 Å². The van der Waals surface area contributed by atoms with E-state index in [1.54, 1.807) is 6.92 Å². The maximum Gasteiger partial charge on any atom is 0.263 e. The van der Waals surface area contributed by atoms with E-state index in [0.717, 1.165) is 49.7 Å². The van der Waals surface area contributed by atoms with Gasteiger partial charge in [0.15, 0.2) is 5.82 Å². The molecule has 0 aliphatic carbocycles. The van der Waals surface area contributed by atoms with Crippen molar-refractivity contribution in [3.63, 3.8) is 0 Å². The number of piperidine rings is 1. The van der Waals surface area contributed by atoms with Crippen molar-refractivity contribution in [1.82, 2.24) is 19.9 Å². The Morgan fingerprint density at radius 1 is 1.27 bits per heavy atom. The third-order valence-corrected chi connectivity index (χ3v) is 6.09. The van der Waals surface area contributed by atoms with E-state index in [9.17, 15) is 9.59 Å². The Morgan fingerprint density at radius 2 is 2.04 bits per heavy atom. The summed E-state index contributed by atoms with van der Waals surface area (Å²) >= 11 is 1.48. The molecule has 0 N–H and O–H groups in total. The second-order valence-electron chi connectivity index (χ2n) is 7.08. The minimum absolute atomic E-state index is 0.111. The molecule has 0 atom stereocenters. The van der Waals surface area contributed by atoms with Crippen LogP contribution in [0.1, 0.15) is 47.1 Å². The van der Waals surface area contributed by atoms with Crippen LogP contribution >= 0.6 is 11.3 Å². The second kappa shape index (κ2) is 7.19. The summed E-state index contributed by atoms with van der Waals surface area (Å²) in [4.78, 5) is 32.7. The highest BCUT2D eigenvalue weighted by Gasteiger charge is 2.33. The van der Waals surface area contributed by atoms with Crippen molar-refractivity contribution in [2.24, 2.45) is 5.92 Å². The van der Waals surface area contributed by atoms with E-state index in [-0.39, 0.29) is 17.7 Å². The standard InChI is InChI=1S/C18H22N4O3S/c1-12(23)21-6-4-14(5-7-21)17-19-16(25-20-17)9-13-10-22(11-13)18(24)15-3-2-8-26-15/h2-3,8,13-14H,4-7,9-11H2,1H3. The fourth-order valence-corrected chi connectivity index (χ4v) is 4.33. The van der Waals surface area contributed by atoms with Crippen molar-refractivity contribution in [1.29, 1.82) is 0 Å². The molecule has 2 aromatic rings. The molecule has 4 rings (SSSR count). The fourth-order valence-electron chi connectivity index (χ4n) is 3.64. The lowest BCUT2D eigenvalue weighted by Gasteiger charge is -2.38. The van der Waals surface area contributed by atoms with Crippen LogP contribution < -0.4 is 0 Å². The highest BCUT2D eigenvalue weighted by Crippen LogP contribution is 2.28. The molecule has 138 valence electrons. The van der Waals surface area contributed by atoms with Crippen LogP contribution in [0.3, 0.4) is 0 Å². The van der Waals surface area contributed by atoms with Crippen LogP contribution in [-0.4, -0.2) is 57.9 Å². The van der Waals surface area contributed by atoms with E-state index in [1.807, 2.05) is 27.3 Å². The largest absolute Gasteiger partial charge is 0.343 e. The number of amides is 2. The number of aromatic nitrogens is 2. The van der Waals surface area contributed by atoms with Crippen LogP contribution in [0.4, 0.5) is 0 Å². The molecule has 0 aromatic carbocycles. The Bertz CT molecular complexity index is 774. The zero-order valence-electron chi connectivity index (χ0n) is 14.8. The number of nitrogens with zero attached hydrogens (tertiary/aromatic N) is 4. The summed E-state index contributed by atoms with van der Waals surface area (Å²) in [7, 11) is 0. The molecular formula is C18H22N4O3S. The molecule has 0 bridgehead atoms. The van der Waals surface area contributed by atoms with Crippen molar-refractivity contribution >= 4 is 23.2 Å². The van der Waals surface area contributed by atoms with E-state index in [4.69, 9.17) is 4.52 Å². The van der Waals surface area contributed by atoms with Crippen molar-refractivity contribution in [3.05, 3.63) is 34.1 Å². The Balaban J connectivity index is 1.26. The highest BCUT2D eigenvalue weighted by atomic mass is 32.1. The topological polar surface area (TPSA) is 79.5 Å². The van der Waals surface area contributed by atoms with Gasteiger partial charge in [0, 0.05) is 51.4 Å². The van der Waals surface area contributed by atoms with Gasteiger partial charge in [0.05, 0.1) is 4.88 Å². The molecule has 8 heteroatoms. The molecule has 2 aromatic heterocycles. The molecular weight excluding hydrogens is 352 g/mol. The molecule has 0 unspecified atom stereocenters. The molecule has 2 fully saturated rings. The third-order valence-electron chi connectivity index (χ3n) is 5.23. The monoisotopic (exact) mass is 374 g/mol. The summed E-state index contributed by atoms with van der Waals surface area (Å²) in [6.45, 7) is 4.60. The lowest BCUT2D eigenvalue weighted by atomic mass is 9.95. The number of thiophene rings is 1. The van der Waals surface area contributed by atoms with E-state index >= 15 is 0 Å². The number of carbonyl (C=O) groups excluding carboxylic acids is 2. The quantitative estimate of drug-likeness (QED) is 0.819. The second-order valence-corrected chi connectivity index (χ2v) is 8.03. The average Bonchev–Trinajstić information content (AvgIpc) is 3.29. The number of hydrogen-bond donors (Lipinski definition) is 0. The first-order chi connectivity index (χ1) is 12.6. The summed E-state index contributed by atoms with van der Waals surface area (Å²) in [5.41, 5.74) is 0. The molecule has 0 saturated carbocycles. The van der Waals surface area contributed by atoms with Gasteiger partial charge in [0.25, 0.3) is 5.91 Å². The van der Waals surface area contributed by atoms with E-state index < -0.39 is 0 Å². The minimum atomic E-state index is 0.111. The van der Waals surface area contributed by atoms with E-state index in [2.05, 4.69) is 10.1 Å².